The summed E-state index contributed by atoms with van der Waals surface area (Å²) in [7, 11) is 0. The lowest BCUT2D eigenvalue weighted by Crippen LogP contribution is -2.45. The second-order valence-corrected chi connectivity index (χ2v) is 9.14. The Balaban J connectivity index is 1.30. The zero-order valence-corrected chi connectivity index (χ0v) is 19.2. The molecule has 1 aromatic carbocycles. The Morgan fingerprint density at radius 3 is 2.59 bits per heavy atom. The molecule has 0 saturated carbocycles. The highest BCUT2D eigenvalue weighted by Crippen LogP contribution is 2.31. The number of pyridine rings is 1. The standard InChI is InChI=1S/C27H29N5O2/c33-26(13-12-20-7-2-1-3-8-20)31-17-21-9-4-5-14-32(25(21)18-31)27(34)24-11-6-10-23(30-24)22-15-28-19-29-16-22/h1-3,6-8,10-11,15-16,19,21,25H,4-5,9,12-14,17-18H2/t21-,25+/m0/s1. The van der Waals surface area contributed by atoms with Crippen LogP contribution < -0.4 is 0 Å². The number of hydrogen-bond acceptors (Lipinski definition) is 5. The molecule has 0 aliphatic carbocycles. The smallest absolute Gasteiger partial charge is 0.272 e. The average Bonchev–Trinajstić information content (AvgIpc) is 3.22. The summed E-state index contributed by atoms with van der Waals surface area (Å²) in [5, 5.41) is 0. The van der Waals surface area contributed by atoms with Crippen LogP contribution in [0.1, 0.15) is 41.7 Å². The van der Waals surface area contributed by atoms with Gasteiger partial charge in [0.2, 0.25) is 5.91 Å². The van der Waals surface area contributed by atoms with E-state index in [2.05, 4.69) is 27.1 Å². The largest absolute Gasteiger partial charge is 0.340 e. The van der Waals surface area contributed by atoms with Crippen molar-refractivity contribution in [3.05, 3.63) is 78.5 Å². The fraction of sp³-hybridized carbons (Fsp3) is 0.370. The molecule has 0 unspecified atom stereocenters. The third-order valence-corrected chi connectivity index (χ3v) is 6.94. The molecule has 0 N–H and O–H groups in total. The number of amides is 2. The molecule has 2 aliphatic heterocycles. The van der Waals surface area contributed by atoms with Gasteiger partial charge in [0.15, 0.2) is 0 Å². The molecule has 2 fully saturated rings. The minimum Gasteiger partial charge on any atom is -0.340 e. The molecule has 3 aromatic rings. The van der Waals surface area contributed by atoms with Crippen LogP contribution >= 0.6 is 0 Å². The number of aryl methyl sites for hydroxylation is 1. The van der Waals surface area contributed by atoms with Crippen molar-refractivity contribution in [2.24, 2.45) is 5.92 Å². The summed E-state index contributed by atoms with van der Waals surface area (Å²) in [6.07, 6.45) is 9.21. The minimum atomic E-state index is -0.0609. The third kappa shape index (κ3) is 4.83. The predicted octanol–water partition coefficient (Wildman–Crippen LogP) is 3.62. The normalized spacial score (nSPS) is 20.0. The lowest BCUT2D eigenvalue weighted by Gasteiger charge is -2.30. The highest BCUT2D eigenvalue weighted by Gasteiger charge is 2.41. The summed E-state index contributed by atoms with van der Waals surface area (Å²) < 4.78 is 0. The Morgan fingerprint density at radius 1 is 0.941 bits per heavy atom. The van der Waals surface area contributed by atoms with Gasteiger partial charge in [-0.2, -0.15) is 0 Å². The van der Waals surface area contributed by atoms with Crippen LogP contribution in [0, 0.1) is 5.92 Å². The van der Waals surface area contributed by atoms with E-state index < -0.39 is 0 Å². The molecule has 7 nitrogen and oxygen atoms in total. The summed E-state index contributed by atoms with van der Waals surface area (Å²) in [6.45, 7) is 2.04. The van der Waals surface area contributed by atoms with Gasteiger partial charge in [-0.3, -0.25) is 9.59 Å². The quantitative estimate of drug-likeness (QED) is 0.587. The van der Waals surface area contributed by atoms with Crippen LogP contribution in [0.15, 0.2) is 67.3 Å². The molecule has 0 spiro atoms. The molecule has 174 valence electrons. The van der Waals surface area contributed by atoms with Gasteiger partial charge in [0.25, 0.3) is 5.91 Å². The van der Waals surface area contributed by atoms with Crippen molar-refractivity contribution in [3.8, 4) is 11.3 Å². The van der Waals surface area contributed by atoms with Gasteiger partial charge < -0.3 is 9.80 Å². The first-order chi connectivity index (χ1) is 16.7. The molecule has 7 heteroatoms. The van der Waals surface area contributed by atoms with E-state index in [1.165, 1.54) is 11.9 Å². The summed E-state index contributed by atoms with van der Waals surface area (Å²) in [6, 6.07) is 15.7. The number of carbonyl (C=O) groups excluding carboxylic acids is 2. The van der Waals surface area contributed by atoms with Crippen molar-refractivity contribution >= 4 is 11.8 Å². The first-order valence-electron chi connectivity index (χ1n) is 12.0. The second-order valence-electron chi connectivity index (χ2n) is 9.14. The maximum absolute atomic E-state index is 13.6. The Labute approximate surface area is 199 Å². The Kier molecular flexibility index (Phi) is 6.60. The molecular formula is C27H29N5O2. The lowest BCUT2D eigenvalue weighted by molar-refractivity contribution is -0.130. The Bertz CT molecular complexity index is 1140. The molecule has 2 aromatic heterocycles. The van der Waals surface area contributed by atoms with E-state index in [1.54, 1.807) is 18.5 Å². The van der Waals surface area contributed by atoms with E-state index in [1.807, 2.05) is 40.1 Å². The molecular weight excluding hydrogens is 426 g/mol. The van der Waals surface area contributed by atoms with Gasteiger partial charge in [-0.1, -0.05) is 42.8 Å². The zero-order valence-electron chi connectivity index (χ0n) is 19.2. The van der Waals surface area contributed by atoms with E-state index in [-0.39, 0.29) is 17.9 Å². The van der Waals surface area contributed by atoms with Crippen molar-refractivity contribution in [2.75, 3.05) is 19.6 Å². The fourth-order valence-electron chi connectivity index (χ4n) is 5.15. The van der Waals surface area contributed by atoms with Crippen LogP contribution in [-0.2, 0) is 11.2 Å². The van der Waals surface area contributed by atoms with Crippen LogP contribution in [-0.4, -0.2) is 62.2 Å². The highest BCUT2D eigenvalue weighted by molar-refractivity contribution is 5.93. The number of aromatic nitrogens is 3. The SMILES string of the molecule is O=C(CCc1ccccc1)N1C[C@@H]2CCCCN(C(=O)c3cccc(-c4cncnc4)n3)[C@@H]2C1. The molecule has 34 heavy (non-hydrogen) atoms. The van der Waals surface area contributed by atoms with Gasteiger partial charge >= 0.3 is 0 Å². The van der Waals surface area contributed by atoms with E-state index in [0.717, 1.165) is 37.8 Å². The molecule has 5 rings (SSSR count). The molecule has 2 aliphatic rings. The lowest BCUT2D eigenvalue weighted by atomic mass is 9.98. The molecule has 0 bridgehead atoms. The van der Waals surface area contributed by atoms with E-state index in [4.69, 9.17) is 0 Å². The van der Waals surface area contributed by atoms with Gasteiger partial charge in [-0.05, 0) is 42.9 Å². The van der Waals surface area contributed by atoms with Crippen molar-refractivity contribution < 1.29 is 9.59 Å². The summed E-state index contributed by atoms with van der Waals surface area (Å²) >= 11 is 0. The van der Waals surface area contributed by atoms with Gasteiger partial charge in [-0.25, -0.2) is 15.0 Å². The molecule has 4 heterocycles. The number of likely N-dealkylation sites (tertiary alicyclic amines) is 2. The number of rotatable bonds is 5. The number of benzene rings is 1. The van der Waals surface area contributed by atoms with E-state index >= 15 is 0 Å². The topological polar surface area (TPSA) is 79.3 Å². The van der Waals surface area contributed by atoms with Gasteiger partial charge in [0.1, 0.15) is 12.0 Å². The van der Waals surface area contributed by atoms with Crippen LogP contribution in [0.2, 0.25) is 0 Å². The molecule has 0 radical (unpaired) electrons. The van der Waals surface area contributed by atoms with E-state index in [9.17, 15) is 9.59 Å². The summed E-state index contributed by atoms with van der Waals surface area (Å²) in [5.74, 6) is 0.431. The van der Waals surface area contributed by atoms with Crippen LogP contribution in [0.3, 0.4) is 0 Å². The predicted molar refractivity (Wildman–Crippen MR) is 129 cm³/mol. The Hall–Kier alpha value is -3.61. The van der Waals surface area contributed by atoms with Gasteiger partial charge in [0, 0.05) is 44.0 Å². The van der Waals surface area contributed by atoms with Crippen LogP contribution in [0.4, 0.5) is 0 Å². The first kappa shape index (κ1) is 22.2. The molecule has 2 amide bonds. The van der Waals surface area contributed by atoms with Crippen LogP contribution in [0.25, 0.3) is 11.3 Å². The monoisotopic (exact) mass is 455 g/mol. The Morgan fingerprint density at radius 2 is 1.76 bits per heavy atom. The highest BCUT2D eigenvalue weighted by atomic mass is 16.2. The maximum atomic E-state index is 13.6. The molecule has 2 saturated heterocycles. The summed E-state index contributed by atoms with van der Waals surface area (Å²) in [5.41, 5.74) is 3.07. The first-order valence-corrected chi connectivity index (χ1v) is 12.0. The second kappa shape index (κ2) is 10.1. The van der Waals surface area contributed by atoms with Crippen LogP contribution in [0.5, 0.6) is 0 Å². The van der Waals surface area contributed by atoms with Crippen molar-refractivity contribution in [2.45, 2.75) is 38.1 Å². The third-order valence-electron chi connectivity index (χ3n) is 6.94. The number of hydrogen-bond donors (Lipinski definition) is 0. The average molecular weight is 456 g/mol. The number of carbonyl (C=O) groups is 2. The summed E-state index contributed by atoms with van der Waals surface area (Å²) in [4.78, 5) is 43.3. The van der Waals surface area contributed by atoms with Gasteiger partial charge in [0.05, 0.1) is 11.7 Å². The minimum absolute atomic E-state index is 0.0428. The maximum Gasteiger partial charge on any atom is 0.272 e. The number of nitrogens with zero attached hydrogens (tertiary/aromatic N) is 5. The number of fused-ring (bicyclic) bond motifs is 1. The van der Waals surface area contributed by atoms with E-state index in [0.29, 0.717) is 36.8 Å². The van der Waals surface area contributed by atoms with Crippen molar-refractivity contribution in [3.63, 3.8) is 0 Å². The van der Waals surface area contributed by atoms with Crippen molar-refractivity contribution in [1.82, 2.24) is 24.8 Å². The van der Waals surface area contributed by atoms with Crippen molar-refractivity contribution in [1.29, 1.82) is 0 Å². The zero-order chi connectivity index (χ0) is 23.3. The van der Waals surface area contributed by atoms with Gasteiger partial charge in [-0.15, -0.1) is 0 Å². The molecule has 2 atom stereocenters. The fourth-order valence-corrected chi connectivity index (χ4v) is 5.15.